The van der Waals surface area contributed by atoms with Crippen molar-refractivity contribution in [1.82, 2.24) is 0 Å². The Labute approximate surface area is 132 Å². The number of ketones is 1. The van der Waals surface area contributed by atoms with Gasteiger partial charge in [-0.2, -0.15) is 0 Å². The molecule has 1 N–H and O–H groups in total. The fourth-order valence-electron chi connectivity index (χ4n) is 2.31. The molecule has 0 radical (unpaired) electrons. The zero-order valence-corrected chi connectivity index (χ0v) is 14.5. The average Bonchev–Trinajstić information content (AvgIpc) is 2.36. The van der Waals surface area contributed by atoms with Crippen LogP contribution in [0.25, 0.3) is 0 Å². The molecule has 22 heavy (non-hydrogen) atoms. The van der Waals surface area contributed by atoms with Crippen molar-refractivity contribution >= 4 is 11.8 Å². The van der Waals surface area contributed by atoms with Crippen LogP contribution in [-0.2, 0) is 31.6 Å². The number of phenols is 1. The van der Waals surface area contributed by atoms with Crippen LogP contribution >= 0.6 is 0 Å². The summed E-state index contributed by atoms with van der Waals surface area (Å²) < 4.78 is 4.47. The molecule has 0 spiro atoms. The van der Waals surface area contributed by atoms with Crippen molar-refractivity contribution in [3.63, 3.8) is 0 Å². The summed E-state index contributed by atoms with van der Waals surface area (Å²) in [7, 11) is 1.19. The molecular weight excluding hydrogens is 280 g/mol. The van der Waals surface area contributed by atoms with E-state index < -0.39 is 11.8 Å². The minimum atomic E-state index is -0.845. The molecule has 1 aromatic rings. The summed E-state index contributed by atoms with van der Waals surface area (Å²) in [6.07, 6.45) is -0.0287. The van der Waals surface area contributed by atoms with Gasteiger partial charge >= 0.3 is 5.97 Å². The molecule has 0 atom stereocenters. The number of carbonyl (C=O) groups excluding carboxylic acids is 2. The number of hydrogen-bond acceptors (Lipinski definition) is 4. The molecule has 0 aliphatic carbocycles. The van der Waals surface area contributed by atoms with E-state index in [4.69, 9.17) is 0 Å². The Morgan fingerprint density at radius 3 is 1.73 bits per heavy atom. The van der Waals surface area contributed by atoms with Crippen LogP contribution < -0.4 is 0 Å². The molecule has 1 rings (SSSR count). The van der Waals surface area contributed by atoms with E-state index in [1.165, 1.54) is 7.11 Å². The van der Waals surface area contributed by atoms with Crippen molar-refractivity contribution in [2.75, 3.05) is 7.11 Å². The van der Waals surface area contributed by atoms with Crippen LogP contribution in [0, 0.1) is 0 Å². The second-order valence-electron chi connectivity index (χ2n) is 7.63. The number of methoxy groups -OCH3 is 1. The lowest BCUT2D eigenvalue weighted by Crippen LogP contribution is -2.21. The summed E-state index contributed by atoms with van der Waals surface area (Å²) in [5.41, 5.74) is 1.71. The Balaban J connectivity index is 3.42. The first kappa shape index (κ1) is 18.2. The van der Waals surface area contributed by atoms with E-state index in [9.17, 15) is 14.7 Å². The normalized spacial score (nSPS) is 12.1. The number of hydrogen-bond donors (Lipinski definition) is 1. The molecule has 4 nitrogen and oxygen atoms in total. The molecule has 4 heteroatoms. The van der Waals surface area contributed by atoms with Crippen LogP contribution in [0.2, 0.25) is 0 Å². The number of carbonyl (C=O) groups is 2. The van der Waals surface area contributed by atoms with E-state index in [1.54, 1.807) is 12.1 Å². The highest BCUT2D eigenvalue weighted by atomic mass is 16.5. The molecule has 0 heterocycles. The predicted molar refractivity (Wildman–Crippen MR) is 86.2 cm³/mol. The van der Waals surface area contributed by atoms with Gasteiger partial charge in [-0.25, -0.2) is 4.79 Å². The Bertz CT molecular complexity index is 551. The largest absolute Gasteiger partial charge is 0.507 e. The van der Waals surface area contributed by atoms with Crippen molar-refractivity contribution in [2.45, 2.75) is 58.8 Å². The number of esters is 1. The lowest BCUT2D eigenvalue weighted by atomic mass is 9.78. The molecule has 1 aromatic carbocycles. The number of benzene rings is 1. The fraction of sp³-hybridized carbons (Fsp3) is 0.556. The van der Waals surface area contributed by atoms with Gasteiger partial charge in [0.2, 0.25) is 5.78 Å². The number of Topliss-reactive ketones (excluding diaryl/α,β-unsaturated/α-hetero) is 1. The number of ether oxygens (including phenoxy) is 1. The SMILES string of the molecule is COC(=O)C(=O)Cc1cc(C(C)(C)C)c(O)c(C(C)(C)C)c1. The quantitative estimate of drug-likeness (QED) is 0.687. The molecule has 0 aliphatic heterocycles. The Kier molecular flexibility index (Phi) is 5.06. The van der Waals surface area contributed by atoms with Gasteiger partial charge in [0.1, 0.15) is 5.75 Å². The van der Waals surface area contributed by atoms with Crippen LogP contribution in [0.4, 0.5) is 0 Å². The highest BCUT2D eigenvalue weighted by molar-refractivity contribution is 6.34. The lowest BCUT2D eigenvalue weighted by Gasteiger charge is -2.28. The summed E-state index contributed by atoms with van der Waals surface area (Å²) in [5.74, 6) is -1.18. The summed E-state index contributed by atoms with van der Waals surface area (Å²) in [5, 5.41) is 10.6. The third-order valence-corrected chi connectivity index (χ3v) is 3.56. The minimum absolute atomic E-state index is 0.0287. The zero-order chi connectivity index (χ0) is 17.3. The van der Waals surface area contributed by atoms with Crippen molar-refractivity contribution in [3.05, 3.63) is 28.8 Å². The minimum Gasteiger partial charge on any atom is -0.507 e. The third kappa shape index (κ3) is 4.09. The van der Waals surface area contributed by atoms with E-state index in [0.717, 1.165) is 11.1 Å². The van der Waals surface area contributed by atoms with Crippen molar-refractivity contribution in [3.8, 4) is 5.75 Å². The van der Waals surface area contributed by atoms with Crippen LogP contribution in [0.15, 0.2) is 12.1 Å². The molecule has 0 aliphatic rings. The molecular formula is C18H26O4. The maximum Gasteiger partial charge on any atom is 0.374 e. The predicted octanol–water partition coefficient (Wildman–Crippen LogP) is 3.27. The van der Waals surface area contributed by atoms with E-state index >= 15 is 0 Å². The molecule has 0 bridgehead atoms. The van der Waals surface area contributed by atoms with E-state index in [2.05, 4.69) is 4.74 Å². The number of phenolic OH excluding ortho intramolecular Hbond substituents is 1. The molecule has 0 amide bonds. The first-order valence-corrected chi connectivity index (χ1v) is 7.36. The standard InChI is InChI=1S/C18H26O4/c1-17(2,3)12-8-11(10-14(19)16(21)22-7)9-13(15(12)20)18(4,5)6/h8-9,20H,10H2,1-7H3. The average molecular weight is 306 g/mol. The Morgan fingerprint density at radius 1 is 1.00 bits per heavy atom. The molecule has 0 aromatic heterocycles. The van der Waals surface area contributed by atoms with Crippen LogP contribution in [0.1, 0.15) is 58.2 Å². The molecule has 0 saturated carbocycles. The van der Waals surface area contributed by atoms with Gasteiger partial charge in [-0.1, -0.05) is 53.7 Å². The Hall–Kier alpha value is -1.84. The monoisotopic (exact) mass is 306 g/mol. The summed E-state index contributed by atoms with van der Waals surface area (Å²) in [6.45, 7) is 12.0. The van der Waals surface area contributed by atoms with E-state index in [1.807, 2.05) is 41.5 Å². The first-order valence-electron chi connectivity index (χ1n) is 7.36. The molecule has 0 saturated heterocycles. The van der Waals surface area contributed by atoms with Crippen LogP contribution in [0.3, 0.4) is 0 Å². The van der Waals surface area contributed by atoms with E-state index in [-0.39, 0.29) is 23.0 Å². The second-order valence-corrected chi connectivity index (χ2v) is 7.63. The van der Waals surface area contributed by atoms with Gasteiger partial charge in [0.05, 0.1) is 7.11 Å². The zero-order valence-electron chi connectivity index (χ0n) is 14.5. The van der Waals surface area contributed by atoms with Gasteiger partial charge in [-0.15, -0.1) is 0 Å². The van der Waals surface area contributed by atoms with Gasteiger partial charge in [0, 0.05) is 6.42 Å². The number of rotatable bonds is 3. The summed E-state index contributed by atoms with van der Waals surface area (Å²) in [4.78, 5) is 23.1. The van der Waals surface area contributed by atoms with Gasteiger partial charge < -0.3 is 9.84 Å². The van der Waals surface area contributed by atoms with Crippen molar-refractivity contribution < 1.29 is 19.4 Å². The molecule has 122 valence electrons. The van der Waals surface area contributed by atoms with Gasteiger partial charge in [0.15, 0.2) is 0 Å². The van der Waals surface area contributed by atoms with Gasteiger partial charge in [-0.05, 0) is 27.5 Å². The van der Waals surface area contributed by atoms with Crippen molar-refractivity contribution in [1.29, 1.82) is 0 Å². The molecule has 0 unspecified atom stereocenters. The summed E-state index contributed by atoms with van der Waals surface area (Å²) in [6, 6.07) is 3.59. The first-order chi connectivity index (χ1) is 9.87. The highest BCUT2D eigenvalue weighted by Crippen LogP contribution is 2.39. The highest BCUT2D eigenvalue weighted by Gasteiger charge is 2.27. The number of aromatic hydroxyl groups is 1. The summed E-state index contributed by atoms with van der Waals surface area (Å²) >= 11 is 0. The van der Waals surface area contributed by atoms with Crippen LogP contribution in [-0.4, -0.2) is 24.0 Å². The smallest absolute Gasteiger partial charge is 0.374 e. The third-order valence-electron chi connectivity index (χ3n) is 3.56. The topological polar surface area (TPSA) is 63.6 Å². The Morgan fingerprint density at radius 2 is 1.41 bits per heavy atom. The van der Waals surface area contributed by atoms with Crippen LogP contribution in [0.5, 0.6) is 5.75 Å². The fourth-order valence-corrected chi connectivity index (χ4v) is 2.31. The second kappa shape index (κ2) is 6.11. The van der Waals surface area contributed by atoms with Gasteiger partial charge in [-0.3, -0.25) is 4.79 Å². The maximum atomic E-state index is 11.8. The maximum absolute atomic E-state index is 11.8. The van der Waals surface area contributed by atoms with E-state index in [0.29, 0.717) is 5.56 Å². The molecule has 0 fully saturated rings. The lowest BCUT2D eigenvalue weighted by molar-refractivity contribution is -0.151. The van der Waals surface area contributed by atoms with Crippen molar-refractivity contribution in [2.24, 2.45) is 0 Å². The van der Waals surface area contributed by atoms with Gasteiger partial charge in [0.25, 0.3) is 0 Å².